The minimum absolute atomic E-state index is 0.0132. The standard InChI is InChI=1S/C14H21NO/c1-10-8-13(14(3,4)5)7-6-12(10)9-15-11(2)16/h6-8H,9H2,1-5H3,(H,15,16). The van der Waals surface area contributed by atoms with Crippen LogP contribution >= 0.6 is 0 Å². The van der Waals surface area contributed by atoms with E-state index in [9.17, 15) is 4.79 Å². The Morgan fingerprint density at radius 1 is 1.31 bits per heavy atom. The fourth-order valence-electron chi connectivity index (χ4n) is 1.58. The molecule has 2 nitrogen and oxygen atoms in total. The molecule has 1 amide bonds. The number of rotatable bonds is 2. The molecular formula is C14H21NO. The van der Waals surface area contributed by atoms with Gasteiger partial charge < -0.3 is 5.32 Å². The first-order valence-electron chi connectivity index (χ1n) is 5.65. The number of carbonyl (C=O) groups is 1. The van der Waals surface area contributed by atoms with Crippen molar-refractivity contribution in [1.29, 1.82) is 0 Å². The van der Waals surface area contributed by atoms with Crippen LogP contribution in [-0.2, 0) is 16.8 Å². The summed E-state index contributed by atoms with van der Waals surface area (Å²) in [5.41, 5.74) is 3.93. The molecule has 0 saturated heterocycles. The van der Waals surface area contributed by atoms with Crippen molar-refractivity contribution in [3.63, 3.8) is 0 Å². The van der Waals surface area contributed by atoms with Crippen LogP contribution in [0.15, 0.2) is 18.2 Å². The zero-order chi connectivity index (χ0) is 12.3. The molecule has 1 N–H and O–H groups in total. The van der Waals surface area contributed by atoms with E-state index in [4.69, 9.17) is 0 Å². The molecule has 0 saturated carbocycles. The average molecular weight is 219 g/mol. The van der Waals surface area contributed by atoms with Gasteiger partial charge in [-0.25, -0.2) is 0 Å². The number of carbonyl (C=O) groups excluding carboxylic acids is 1. The molecule has 2 heteroatoms. The summed E-state index contributed by atoms with van der Waals surface area (Å²) in [7, 11) is 0. The molecule has 0 atom stereocenters. The normalized spacial score (nSPS) is 11.3. The van der Waals surface area contributed by atoms with Gasteiger partial charge in [-0.05, 0) is 29.0 Å². The lowest BCUT2D eigenvalue weighted by atomic mass is 9.85. The van der Waals surface area contributed by atoms with Crippen molar-refractivity contribution >= 4 is 5.91 Å². The van der Waals surface area contributed by atoms with Crippen molar-refractivity contribution < 1.29 is 4.79 Å². The lowest BCUT2D eigenvalue weighted by Gasteiger charge is -2.20. The lowest BCUT2D eigenvalue weighted by molar-refractivity contribution is -0.119. The average Bonchev–Trinajstić information content (AvgIpc) is 2.14. The molecule has 0 heterocycles. The highest BCUT2D eigenvalue weighted by atomic mass is 16.1. The molecule has 0 aliphatic rings. The summed E-state index contributed by atoms with van der Waals surface area (Å²) in [5.74, 6) is 0.0132. The molecule has 1 rings (SSSR count). The monoisotopic (exact) mass is 219 g/mol. The largest absolute Gasteiger partial charge is 0.352 e. The summed E-state index contributed by atoms with van der Waals surface area (Å²) < 4.78 is 0. The first-order valence-corrected chi connectivity index (χ1v) is 5.65. The molecule has 0 radical (unpaired) electrons. The molecular weight excluding hydrogens is 198 g/mol. The smallest absolute Gasteiger partial charge is 0.217 e. The van der Waals surface area contributed by atoms with Gasteiger partial charge in [0.1, 0.15) is 0 Å². The van der Waals surface area contributed by atoms with Crippen LogP contribution in [-0.4, -0.2) is 5.91 Å². The fraction of sp³-hybridized carbons (Fsp3) is 0.500. The Morgan fingerprint density at radius 2 is 1.94 bits per heavy atom. The minimum atomic E-state index is 0.0132. The second kappa shape index (κ2) is 4.69. The van der Waals surface area contributed by atoms with Crippen molar-refractivity contribution in [2.45, 2.75) is 46.6 Å². The molecule has 1 aromatic rings. The quantitative estimate of drug-likeness (QED) is 0.814. The van der Waals surface area contributed by atoms with E-state index >= 15 is 0 Å². The summed E-state index contributed by atoms with van der Waals surface area (Å²) in [6.07, 6.45) is 0. The molecule has 0 aliphatic carbocycles. The first kappa shape index (κ1) is 12.8. The highest BCUT2D eigenvalue weighted by Crippen LogP contribution is 2.24. The maximum Gasteiger partial charge on any atom is 0.217 e. The van der Waals surface area contributed by atoms with Crippen LogP contribution in [0.4, 0.5) is 0 Å². The third kappa shape index (κ3) is 3.37. The SMILES string of the molecule is CC(=O)NCc1ccc(C(C)(C)C)cc1C. The van der Waals surface area contributed by atoms with E-state index in [1.807, 2.05) is 0 Å². The van der Waals surface area contributed by atoms with E-state index in [2.05, 4.69) is 51.2 Å². The highest BCUT2D eigenvalue weighted by molar-refractivity contribution is 5.72. The minimum Gasteiger partial charge on any atom is -0.352 e. The molecule has 0 aliphatic heterocycles. The Hall–Kier alpha value is -1.31. The summed E-state index contributed by atoms with van der Waals surface area (Å²) in [4.78, 5) is 10.8. The van der Waals surface area contributed by atoms with Gasteiger partial charge in [-0.15, -0.1) is 0 Å². The van der Waals surface area contributed by atoms with Crippen LogP contribution in [0.2, 0.25) is 0 Å². The van der Waals surface area contributed by atoms with Crippen LogP contribution in [0.5, 0.6) is 0 Å². The third-order valence-corrected chi connectivity index (χ3v) is 2.74. The Kier molecular flexibility index (Phi) is 3.74. The molecule has 88 valence electrons. The van der Waals surface area contributed by atoms with E-state index in [1.54, 1.807) is 6.92 Å². The summed E-state index contributed by atoms with van der Waals surface area (Å²) in [5, 5.41) is 2.82. The van der Waals surface area contributed by atoms with Gasteiger partial charge in [-0.1, -0.05) is 39.0 Å². The predicted molar refractivity (Wildman–Crippen MR) is 67.4 cm³/mol. The van der Waals surface area contributed by atoms with Crippen molar-refractivity contribution in [3.05, 3.63) is 34.9 Å². The fourth-order valence-corrected chi connectivity index (χ4v) is 1.58. The Bertz CT molecular complexity index is 388. The number of hydrogen-bond acceptors (Lipinski definition) is 1. The van der Waals surface area contributed by atoms with Crippen molar-refractivity contribution in [2.75, 3.05) is 0 Å². The van der Waals surface area contributed by atoms with Crippen LogP contribution < -0.4 is 5.32 Å². The summed E-state index contributed by atoms with van der Waals surface area (Å²) in [6, 6.07) is 6.45. The van der Waals surface area contributed by atoms with Crippen LogP contribution in [0, 0.1) is 6.92 Å². The van der Waals surface area contributed by atoms with Crippen LogP contribution in [0.3, 0.4) is 0 Å². The van der Waals surface area contributed by atoms with Crippen molar-refractivity contribution in [2.24, 2.45) is 0 Å². The molecule has 0 fully saturated rings. The zero-order valence-corrected chi connectivity index (χ0v) is 10.8. The van der Waals surface area contributed by atoms with E-state index in [-0.39, 0.29) is 11.3 Å². The summed E-state index contributed by atoms with van der Waals surface area (Å²) >= 11 is 0. The van der Waals surface area contributed by atoms with E-state index in [1.165, 1.54) is 16.7 Å². The highest BCUT2D eigenvalue weighted by Gasteiger charge is 2.14. The molecule has 0 spiro atoms. The predicted octanol–water partition coefficient (Wildman–Crippen LogP) is 2.93. The molecule has 0 bridgehead atoms. The van der Waals surface area contributed by atoms with E-state index in [0.717, 1.165) is 0 Å². The second-order valence-electron chi connectivity index (χ2n) is 5.30. The van der Waals surface area contributed by atoms with E-state index < -0.39 is 0 Å². The van der Waals surface area contributed by atoms with Gasteiger partial charge in [0.25, 0.3) is 0 Å². The number of hydrogen-bond donors (Lipinski definition) is 1. The van der Waals surface area contributed by atoms with Gasteiger partial charge >= 0.3 is 0 Å². The number of amides is 1. The van der Waals surface area contributed by atoms with Gasteiger partial charge in [-0.2, -0.15) is 0 Å². The first-order chi connectivity index (χ1) is 7.30. The Balaban J connectivity index is 2.88. The molecule has 16 heavy (non-hydrogen) atoms. The topological polar surface area (TPSA) is 29.1 Å². The van der Waals surface area contributed by atoms with Crippen molar-refractivity contribution in [1.82, 2.24) is 5.32 Å². The van der Waals surface area contributed by atoms with Crippen LogP contribution in [0.1, 0.15) is 44.4 Å². The number of nitrogens with one attached hydrogen (secondary N) is 1. The second-order valence-corrected chi connectivity index (χ2v) is 5.30. The van der Waals surface area contributed by atoms with Gasteiger partial charge in [-0.3, -0.25) is 4.79 Å². The summed E-state index contributed by atoms with van der Waals surface area (Å²) in [6.45, 7) is 10.9. The maximum absolute atomic E-state index is 10.8. The third-order valence-electron chi connectivity index (χ3n) is 2.74. The van der Waals surface area contributed by atoms with Crippen LogP contribution in [0.25, 0.3) is 0 Å². The van der Waals surface area contributed by atoms with Gasteiger partial charge in [0, 0.05) is 13.5 Å². The molecule has 0 aromatic heterocycles. The Morgan fingerprint density at radius 3 is 2.38 bits per heavy atom. The van der Waals surface area contributed by atoms with Gasteiger partial charge in [0.15, 0.2) is 0 Å². The molecule has 0 unspecified atom stereocenters. The molecule has 1 aromatic carbocycles. The lowest BCUT2D eigenvalue weighted by Crippen LogP contribution is -2.20. The van der Waals surface area contributed by atoms with Gasteiger partial charge in [0.05, 0.1) is 0 Å². The number of benzene rings is 1. The van der Waals surface area contributed by atoms with E-state index in [0.29, 0.717) is 6.54 Å². The Labute approximate surface area is 98.1 Å². The van der Waals surface area contributed by atoms with Crippen molar-refractivity contribution in [3.8, 4) is 0 Å². The maximum atomic E-state index is 10.8. The number of aryl methyl sites for hydroxylation is 1. The zero-order valence-electron chi connectivity index (χ0n) is 10.8. The van der Waals surface area contributed by atoms with Gasteiger partial charge in [0.2, 0.25) is 5.91 Å².